The standard InChI is InChI=1S/C29H36N2O4SSi/c1-28(2,3)37(20-13-9-7-10-14-20,21-15-11-8-12-16-21)32-19-23-25-26(35-29(4,5)34-25)24(33-23)22-17-18-30-27(31-22)36-6/h7-18,23-26H,19H2,1-6H3/t23-,24?,25-,26+/m1/s1. The molecule has 2 saturated heterocycles. The molecule has 2 aliphatic heterocycles. The van der Waals surface area contributed by atoms with E-state index in [9.17, 15) is 0 Å². The lowest BCUT2D eigenvalue weighted by molar-refractivity contribution is -0.191. The van der Waals surface area contributed by atoms with Gasteiger partial charge in [0.1, 0.15) is 24.4 Å². The number of ether oxygens (including phenoxy) is 3. The Morgan fingerprint density at radius 2 is 1.51 bits per heavy atom. The van der Waals surface area contributed by atoms with E-state index in [2.05, 4.69) is 86.4 Å². The lowest BCUT2D eigenvalue weighted by atomic mass is 10.1. The van der Waals surface area contributed by atoms with Gasteiger partial charge in [-0.1, -0.05) is 93.2 Å². The summed E-state index contributed by atoms with van der Waals surface area (Å²) < 4.78 is 26.6. The third kappa shape index (κ3) is 5.03. The second kappa shape index (κ2) is 10.2. The summed E-state index contributed by atoms with van der Waals surface area (Å²) in [6.07, 6.45) is 2.56. The topological polar surface area (TPSA) is 62.7 Å². The van der Waals surface area contributed by atoms with Crippen LogP contribution in [0.1, 0.15) is 46.4 Å². The molecule has 1 aromatic heterocycles. The van der Waals surface area contributed by atoms with E-state index in [-0.39, 0.29) is 29.5 Å². The first-order chi connectivity index (χ1) is 17.6. The van der Waals surface area contributed by atoms with Crippen LogP contribution in [0.2, 0.25) is 5.04 Å². The van der Waals surface area contributed by atoms with E-state index in [0.29, 0.717) is 11.8 Å². The average molecular weight is 537 g/mol. The van der Waals surface area contributed by atoms with Crippen molar-refractivity contribution in [1.82, 2.24) is 9.97 Å². The summed E-state index contributed by atoms with van der Waals surface area (Å²) in [6, 6.07) is 23.2. The number of thioether (sulfide) groups is 1. The molecule has 8 heteroatoms. The minimum absolute atomic E-state index is 0.126. The zero-order chi connectivity index (χ0) is 26.3. The highest BCUT2D eigenvalue weighted by Gasteiger charge is 2.57. The Kier molecular flexibility index (Phi) is 7.34. The summed E-state index contributed by atoms with van der Waals surface area (Å²) in [5.41, 5.74) is 0.809. The lowest BCUT2D eigenvalue weighted by Crippen LogP contribution is -2.67. The quantitative estimate of drug-likeness (QED) is 0.246. The summed E-state index contributed by atoms with van der Waals surface area (Å²) >= 11 is 1.51. The van der Waals surface area contributed by atoms with Crippen molar-refractivity contribution in [2.75, 3.05) is 12.9 Å². The van der Waals surface area contributed by atoms with Crippen LogP contribution in [-0.4, -0.2) is 55.2 Å². The summed E-state index contributed by atoms with van der Waals surface area (Å²) in [7, 11) is -2.72. The molecule has 0 saturated carbocycles. The highest BCUT2D eigenvalue weighted by molar-refractivity contribution is 7.98. The Hall–Kier alpha value is -2.07. The number of aromatic nitrogens is 2. The SMILES string of the molecule is CSc1nccc(C2O[C@H](CO[Si](c3ccccc3)(c3ccccc3)C(C)(C)C)[C@H]3OC(C)(C)O[C@@H]23)n1. The van der Waals surface area contributed by atoms with E-state index < -0.39 is 14.1 Å². The van der Waals surface area contributed by atoms with Crippen molar-refractivity contribution in [2.24, 2.45) is 0 Å². The van der Waals surface area contributed by atoms with E-state index >= 15 is 0 Å². The molecule has 196 valence electrons. The van der Waals surface area contributed by atoms with Gasteiger partial charge >= 0.3 is 0 Å². The normalized spacial score (nSPS) is 25.2. The maximum Gasteiger partial charge on any atom is 0.261 e. The van der Waals surface area contributed by atoms with Crippen LogP contribution < -0.4 is 10.4 Å². The monoisotopic (exact) mass is 536 g/mol. The van der Waals surface area contributed by atoms with Gasteiger partial charge in [0, 0.05) is 6.20 Å². The second-order valence-corrected chi connectivity index (χ2v) is 16.2. The molecular formula is C29H36N2O4SSi. The largest absolute Gasteiger partial charge is 0.405 e. The molecule has 0 N–H and O–H groups in total. The molecule has 3 heterocycles. The molecule has 0 spiro atoms. The van der Waals surface area contributed by atoms with E-state index in [4.69, 9.17) is 23.6 Å². The first kappa shape index (κ1) is 26.5. The smallest absolute Gasteiger partial charge is 0.261 e. The van der Waals surface area contributed by atoms with Gasteiger partial charge in [-0.2, -0.15) is 0 Å². The van der Waals surface area contributed by atoms with Gasteiger partial charge in [0.25, 0.3) is 8.32 Å². The molecule has 4 atom stereocenters. The van der Waals surface area contributed by atoms with Crippen molar-refractivity contribution in [1.29, 1.82) is 0 Å². The van der Waals surface area contributed by atoms with Gasteiger partial charge in [0.15, 0.2) is 10.9 Å². The molecule has 2 aliphatic rings. The lowest BCUT2D eigenvalue weighted by Gasteiger charge is -2.43. The van der Waals surface area contributed by atoms with Gasteiger partial charge in [-0.15, -0.1) is 0 Å². The average Bonchev–Trinajstić information content (AvgIpc) is 3.38. The Morgan fingerprint density at radius 1 is 0.919 bits per heavy atom. The van der Waals surface area contributed by atoms with Crippen molar-refractivity contribution in [3.63, 3.8) is 0 Å². The number of nitrogens with zero attached hydrogens (tertiary/aromatic N) is 2. The molecule has 0 amide bonds. The van der Waals surface area contributed by atoms with Crippen molar-refractivity contribution in [3.05, 3.63) is 78.6 Å². The van der Waals surface area contributed by atoms with Gasteiger partial charge in [0.05, 0.1) is 12.3 Å². The van der Waals surface area contributed by atoms with Gasteiger partial charge < -0.3 is 18.6 Å². The predicted molar refractivity (Wildman–Crippen MR) is 149 cm³/mol. The van der Waals surface area contributed by atoms with Crippen LogP contribution in [0.3, 0.4) is 0 Å². The molecule has 2 aromatic carbocycles. The molecule has 0 radical (unpaired) electrons. The zero-order valence-corrected chi connectivity index (χ0v) is 24.2. The zero-order valence-electron chi connectivity index (χ0n) is 22.4. The fourth-order valence-corrected chi connectivity index (χ4v) is 10.6. The number of rotatable bonds is 7. The molecule has 3 aromatic rings. The van der Waals surface area contributed by atoms with Crippen LogP contribution in [0.4, 0.5) is 0 Å². The fourth-order valence-electron chi connectivity index (χ4n) is 5.63. The second-order valence-electron chi connectivity index (χ2n) is 11.1. The molecule has 6 nitrogen and oxygen atoms in total. The Bertz CT molecular complexity index is 1170. The van der Waals surface area contributed by atoms with Gasteiger partial charge in [0.2, 0.25) is 0 Å². The van der Waals surface area contributed by atoms with Crippen molar-refractivity contribution in [2.45, 2.75) is 75.0 Å². The number of hydrogen-bond acceptors (Lipinski definition) is 7. The summed E-state index contributed by atoms with van der Waals surface area (Å²) in [6.45, 7) is 11.1. The van der Waals surface area contributed by atoms with E-state index in [0.717, 1.165) is 5.69 Å². The van der Waals surface area contributed by atoms with Gasteiger partial charge in [-0.05, 0) is 41.6 Å². The molecule has 0 aliphatic carbocycles. The number of fused-ring (bicyclic) bond motifs is 1. The molecular weight excluding hydrogens is 500 g/mol. The van der Waals surface area contributed by atoms with Crippen LogP contribution in [0.25, 0.3) is 0 Å². The highest BCUT2D eigenvalue weighted by atomic mass is 32.2. The molecule has 2 fully saturated rings. The van der Waals surface area contributed by atoms with E-state index in [1.165, 1.54) is 22.1 Å². The number of benzene rings is 2. The minimum atomic E-state index is -2.72. The molecule has 5 rings (SSSR count). The Morgan fingerprint density at radius 3 is 2.08 bits per heavy atom. The van der Waals surface area contributed by atoms with Gasteiger partial charge in [-0.25, -0.2) is 9.97 Å². The predicted octanol–water partition coefficient (Wildman–Crippen LogP) is 4.74. The molecule has 0 bridgehead atoms. The van der Waals surface area contributed by atoms with Crippen molar-refractivity contribution < 1.29 is 18.6 Å². The highest BCUT2D eigenvalue weighted by Crippen LogP contribution is 2.46. The van der Waals surface area contributed by atoms with Crippen LogP contribution in [0.5, 0.6) is 0 Å². The summed E-state index contributed by atoms with van der Waals surface area (Å²) in [5, 5.41) is 3.07. The van der Waals surface area contributed by atoms with E-state index in [1.807, 2.05) is 26.2 Å². The molecule has 1 unspecified atom stereocenters. The third-order valence-corrected chi connectivity index (χ3v) is 12.7. The Balaban J connectivity index is 1.50. The first-order valence-electron chi connectivity index (χ1n) is 12.8. The van der Waals surface area contributed by atoms with E-state index in [1.54, 1.807) is 6.20 Å². The van der Waals surface area contributed by atoms with Crippen LogP contribution in [-0.2, 0) is 18.6 Å². The van der Waals surface area contributed by atoms with Crippen molar-refractivity contribution >= 4 is 30.5 Å². The third-order valence-electron chi connectivity index (χ3n) is 7.16. The first-order valence-corrected chi connectivity index (χ1v) is 15.9. The minimum Gasteiger partial charge on any atom is -0.405 e. The van der Waals surface area contributed by atoms with Crippen LogP contribution >= 0.6 is 11.8 Å². The van der Waals surface area contributed by atoms with Crippen molar-refractivity contribution in [3.8, 4) is 0 Å². The van der Waals surface area contributed by atoms with Gasteiger partial charge in [-0.3, -0.25) is 0 Å². The Labute approximate surface area is 225 Å². The number of hydrogen-bond donors (Lipinski definition) is 0. The molecule has 37 heavy (non-hydrogen) atoms. The van der Waals surface area contributed by atoms with Crippen LogP contribution in [0, 0.1) is 0 Å². The summed E-state index contributed by atoms with van der Waals surface area (Å²) in [4.78, 5) is 9.05. The maximum atomic E-state index is 7.20. The summed E-state index contributed by atoms with van der Waals surface area (Å²) in [5.74, 6) is -0.706. The fraction of sp³-hybridized carbons (Fsp3) is 0.448. The maximum absolute atomic E-state index is 7.20. The van der Waals surface area contributed by atoms with Crippen LogP contribution in [0.15, 0.2) is 78.1 Å².